The smallest absolute Gasteiger partial charge is 0.241 e. The van der Waals surface area contributed by atoms with Crippen LogP contribution in [0.1, 0.15) is 35.6 Å². The van der Waals surface area contributed by atoms with Crippen molar-refractivity contribution in [1.29, 1.82) is 0 Å². The summed E-state index contributed by atoms with van der Waals surface area (Å²) in [6.07, 6.45) is 1.98. The Morgan fingerprint density at radius 1 is 1.17 bits per heavy atom. The average Bonchev–Trinajstić information content (AvgIpc) is 3.36. The van der Waals surface area contributed by atoms with E-state index in [1.165, 1.54) is 18.2 Å². The molecule has 1 fully saturated rings. The quantitative estimate of drug-likeness (QED) is 0.852. The van der Waals surface area contributed by atoms with Gasteiger partial charge in [-0.05, 0) is 54.7 Å². The molecule has 2 aromatic carbocycles. The number of benzene rings is 2. The highest BCUT2D eigenvalue weighted by molar-refractivity contribution is 5.83. The molecule has 1 amide bonds. The van der Waals surface area contributed by atoms with E-state index in [0.717, 1.165) is 18.4 Å². The van der Waals surface area contributed by atoms with E-state index in [-0.39, 0.29) is 23.6 Å². The average molecular weight is 330 g/mol. The second-order valence-corrected chi connectivity index (χ2v) is 6.23. The predicted molar refractivity (Wildman–Crippen MR) is 88.3 cm³/mol. The van der Waals surface area contributed by atoms with Crippen LogP contribution in [0.15, 0.2) is 42.5 Å². The number of hydrogen-bond acceptors (Lipinski definition) is 2. The molecule has 2 N–H and O–H groups in total. The monoisotopic (exact) mass is 330 g/mol. The van der Waals surface area contributed by atoms with Gasteiger partial charge in [-0.2, -0.15) is 0 Å². The number of aryl methyl sites for hydroxylation is 1. The summed E-state index contributed by atoms with van der Waals surface area (Å²) in [6.45, 7) is 2.05. The molecule has 1 aliphatic carbocycles. The normalized spacial score (nSPS) is 15.1. The van der Waals surface area contributed by atoms with Crippen molar-refractivity contribution in [2.75, 3.05) is 0 Å². The van der Waals surface area contributed by atoms with E-state index in [1.54, 1.807) is 25.1 Å². The van der Waals surface area contributed by atoms with E-state index in [4.69, 9.17) is 0 Å². The first-order chi connectivity index (χ1) is 11.5. The number of hydrogen-bond donors (Lipinski definition) is 2. The SMILES string of the molecule is Cc1ccc(CN[C@H](C(=O)NC2CC2)c2ccc(F)cc2)cc1F. The van der Waals surface area contributed by atoms with Crippen molar-refractivity contribution in [2.24, 2.45) is 0 Å². The van der Waals surface area contributed by atoms with Crippen LogP contribution < -0.4 is 10.6 Å². The Bertz CT molecular complexity index is 727. The van der Waals surface area contributed by atoms with Gasteiger partial charge in [0.2, 0.25) is 5.91 Å². The second kappa shape index (κ2) is 7.09. The Kier molecular flexibility index (Phi) is 4.90. The van der Waals surface area contributed by atoms with Gasteiger partial charge < -0.3 is 5.32 Å². The maximum absolute atomic E-state index is 13.7. The lowest BCUT2D eigenvalue weighted by Crippen LogP contribution is -2.38. The third-order valence-electron chi connectivity index (χ3n) is 4.14. The molecule has 0 spiro atoms. The second-order valence-electron chi connectivity index (χ2n) is 6.23. The van der Waals surface area contributed by atoms with Gasteiger partial charge in [0.25, 0.3) is 0 Å². The fourth-order valence-electron chi connectivity index (χ4n) is 2.50. The molecule has 24 heavy (non-hydrogen) atoms. The Hall–Kier alpha value is -2.27. The molecule has 0 aliphatic heterocycles. The fraction of sp³-hybridized carbons (Fsp3) is 0.316. The fourth-order valence-corrected chi connectivity index (χ4v) is 2.50. The zero-order valence-electron chi connectivity index (χ0n) is 13.5. The van der Waals surface area contributed by atoms with E-state index in [2.05, 4.69) is 10.6 Å². The molecule has 0 unspecified atom stereocenters. The highest BCUT2D eigenvalue weighted by atomic mass is 19.1. The highest BCUT2D eigenvalue weighted by Crippen LogP contribution is 2.22. The summed E-state index contributed by atoms with van der Waals surface area (Å²) in [4.78, 5) is 12.5. The van der Waals surface area contributed by atoms with Crippen LogP contribution >= 0.6 is 0 Å². The summed E-state index contributed by atoms with van der Waals surface area (Å²) in [6, 6.07) is 10.5. The molecule has 0 saturated heterocycles. The first kappa shape index (κ1) is 16.6. The van der Waals surface area contributed by atoms with E-state index in [0.29, 0.717) is 17.7 Å². The maximum Gasteiger partial charge on any atom is 0.241 e. The number of carbonyl (C=O) groups excluding carboxylic acids is 1. The maximum atomic E-state index is 13.7. The molecule has 2 aromatic rings. The Morgan fingerprint density at radius 3 is 2.50 bits per heavy atom. The number of halogens is 2. The lowest BCUT2D eigenvalue weighted by molar-refractivity contribution is -0.123. The molecule has 0 bridgehead atoms. The first-order valence-corrected chi connectivity index (χ1v) is 8.07. The molecule has 3 nitrogen and oxygen atoms in total. The number of nitrogens with one attached hydrogen (secondary N) is 2. The Balaban J connectivity index is 1.74. The molecule has 3 rings (SSSR count). The summed E-state index contributed by atoms with van der Waals surface area (Å²) in [5.74, 6) is -0.757. The molecule has 126 valence electrons. The molecular weight excluding hydrogens is 310 g/mol. The van der Waals surface area contributed by atoms with Crippen molar-refractivity contribution < 1.29 is 13.6 Å². The Labute approximate surface area is 140 Å². The van der Waals surface area contributed by atoms with Crippen LogP contribution in [0.2, 0.25) is 0 Å². The molecule has 0 heterocycles. The van der Waals surface area contributed by atoms with Crippen LogP contribution in [0, 0.1) is 18.6 Å². The van der Waals surface area contributed by atoms with Crippen molar-refractivity contribution >= 4 is 5.91 Å². The van der Waals surface area contributed by atoms with Gasteiger partial charge in [-0.1, -0.05) is 24.3 Å². The largest absolute Gasteiger partial charge is 0.352 e. The molecule has 1 saturated carbocycles. The predicted octanol–water partition coefficient (Wildman–Crippen LogP) is 3.38. The van der Waals surface area contributed by atoms with E-state index < -0.39 is 6.04 Å². The van der Waals surface area contributed by atoms with Crippen molar-refractivity contribution in [1.82, 2.24) is 10.6 Å². The molecule has 1 aliphatic rings. The molecule has 5 heteroatoms. The van der Waals surface area contributed by atoms with Gasteiger partial charge in [-0.25, -0.2) is 8.78 Å². The Morgan fingerprint density at radius 2 is 1.88 bits per heavy atom. The molecule has 0 aromatic heterocycles. The van der Waals surface area contributed by atoms with Gasteiger partial charge in [0.1, 0.15) is 17.7 Å². The van der Waals surface area contributed by atoms with Gasteiger partial charge in [0.15, 0.2) is 0 Å². The van der Waals surface area contributed by atoms with Crippen LogP contribution in [-0.2, 0) is 11.3 Å². The zero-order valence-corrected chi connectivity index (χ0v) is 13.5. The zero-order chi connectivity index (χ0) is 17.1. The molecule has 1 atom stereocenters. The van der Waals surface area contributed by atoms with Crippen molar-refractivity contribution in [3.8, 4) is 0 Å². The third kappa shape index (κ3) is 4.17. The molecular formula is C19H20F2N2O. The van der Waals surface area contributed by atoms with Crippen LogP contribution in [0.5, 0.6) is 0 Å². The topological polar surface area (TPSA) is 41.1 Å². The van der Waals surface area contributed by atoms with E-state index in [1.807, 2.05) is 6.07 Å². The first-order valence-electron chi connectivity index (χ1n) is 8.07. The third-order valence-corrected chi connectivity index (χ3v) is 4.14. The van der Waals surface area contributed by atoms with Gasteiger partial charge in [-0.15, -0.1) is 0 Å². The highest BCUT2D eigenvalue weighted by Gasteiger charge is 2.28. The lowest BCUT2D eigenvalue weighted by atomic mass is 10.0. The van der Waals surface area contributed by atoms with Gasteiger partial charge in [0, 0.05) is 12.6 Å². The van der Waals surface area contributed by atoms with Crippen molar-refractivity contribution in [2.45, 2.75) is 38.4 Å². The van der Waals surface area contributed by atoms with E-state index in [9.17, 15) is 13.6 Å². The van der Waals surface area contributed by atoms with Crippen LogP contribution in [0.3, 0.4) is 0 Å². The van der Waals surface area contributed by atoms with Crippen LogP contribution in [0.4, 0.5) is 8.78 Å². The lowest BCUT2D eigenvalue weighted by Gasteiger charge is -2.19. The van der Waals surface area contributed by atoms with Crippen molar-refractivity contribution in [3.05, 3.63) is 70.8 Å². The number of amides is 1. The minimum absolute atomic E-state index is 0.142. The van der Waals surface area contributed by atoms with Gasteiger partial charge >= 0.3 is 0 Å². The van der Waals surface area contributed by atoms with Gasteiger partial charge in [-0.3, -0.25) is 10.1 Å². The summed E-state index contributed by atoms with van der Waals surface area (Å²) in [7, 11) is 0. The minimum Gasteiger partial charge on any atom is -0.352 e. The van der Waals surface area contributed by atoms with E-state index >= 15 is 0 Å². The number of rotatable bonds is 6. The number of carbonyl (C=O) groups is 1. The summed E-state index contributed by atoms with van der Waals surface area (Å²) in [5.41, 5.74) is 2.02. The minimum atomic E-state index is -0.601. The van der Waals surface area contributed by atoms with Gasteiger partial charge in [0.05, 0.1) is 0 Å². The van der Waals surface area contributed by atoms with Crippen molar-refractivity contribution in [3.63, 3.8) is 0 Å². The summed E-state index contributed by atoms with van der Waals surface area (Å²) < 4.78 is 26.8. The molecule has 0 radical (unpaired) electrons. The van der Waals surface area contributed by atoms with Crippen LogP contribution in [0.25, 0.3) is 0 Å². The summed E-state index contributed by atoms with van der Waals surface area (Å²) in [5, 5.41) is 6.10. The standard InChI is InChI=1S/C19H20F2N2O/c1-12-2-3-13(10-17(12)21)11-22-18(19(24)23-16-8-9-16)14-4-6-15(20)7-5-14/h2-7,10,16,18,22H,8-9,11H2,1H3,(H,23,24)/t18-/m0/s1. The van der Waals surface area contributed by atoms with Crippen LogP contribution in [-0.4, -0.2) is 11.9 Å². The summed E-state index contributed by atoms with van der Waals surface area (Å²) >= 11 is 0.